The molecule has 0 spiro atoms. The highest BCUT2D eigenvalue weighted by molar-refractivity contribution is 5.83. The molecular formula is C13H24N4O. The third-order valence-electron chi connectivity index (χ3n) is 3.65. The van der Waals surface area contributed by atoms with Crippen molar-refractivity contribution >= 4 is 5.91 Å². The van der Waals surface area contributed by atoms with Gasteiger partial charge < -0.3 is 15.6 Å². The highest BCUT2D eigenvalue weighted by atomic mass is 16.2. The van der Waals surface area contributed by atoms with Gasteiger partial charge in [0.2, 0.25) is 5.91 Å². The van der Waals surface area contributed by atoms with Crippen molar-refractivity contribution in [2.24, 2.45) is 11.1 Å². The number of imidazole rings is 1. The van der Waals surface area contributed by atoms with Crippen molar-refractivity contribution in [2.75, 3.05) is 6.54 Å². The molecule has 0 aromatic carbocycles. The molecule has 0 aliphatic heterocycles. The molecule has 1 atom stereocenters. The van der Waals surface area contributed by atoms with Gasteiger partial charge in [-0.15, -0.1) is 0 Å². The SMILES string of the molecule is CCC(CC)(CN)C(=O)NC(C)Cn1ccnc1. The number of carbonyl (C=O) groups excluding carboxylic acids is 1. The number of nitrogens with two attached hydrogens (primary N) is 1. The lowest BCUT2D eigenvalue weighted by atomic mass is 9.81. The van der Waals surface area contributed by atoms with Gasteiger partial charge in [-0.3, -0.25) is 4.79 Å². The van der Waals surface area contributed by atoms with E-state index >= 15 is 0 Å². The molecular weight excluding hydrogens is 228 g/mol. The standard InChI is InChI=1S/C13H24N4O/c1-4-13(5-2,9-14)12(18)16-11(3)8-17-7-6-15-10-17/h6-7,10-11H,4-5,8-9,14H2,1-3H3,(H,16,18). The smallest absolute Gasteiger partial charge is 0.227 e. The number of hydrogen-bond donors (Lipinski definition) is 2. The third-order valence-corrected chi connectivity index (χ3v) is 3.65. The largest absolute Gasteiger partial charge is 0.351 e. The highest BCUT2D eigenvalue weighted by Gasteiger charge is 2.33. The summed E-state index contributed by atoms with van der Waals surface area (Å²) in [5.41, 5.74) is 5.34. The first kappa shape index (κ1) is 14.7. The second-order valence-electron chi connectivity index (χ2n) is 4.83. The van der Waals surface area contributed by atoms with Crippen LogP contribution in [-0.4, -0.2) is 28.0 Å². The van der Waals surface area contributed by atoms with E-state index in [-0.39, 0.29) is 11.9 Å². The highest BCUT2D eigenvalue weighted by Crippen LogP contribution is 2.25. The fourth-order valence-corrected chi connectivity index (χ4v) is 2.09. The summed E-state index contributed by atoms with van der Waals surface area (Å²) in [5, 5.41) is 3.04. The van der Waals surface area contributed by atoms with E-state index in [4.69, 9.17) is 5.73 Å². The van der Waals surface area contributed by atoms with E-state index in [1.807, 2.05) is 31.5 Å². The van der Waals surface area contributed by atoms with Gasteiger partial charge in [-0.05, 0) is 19.8 Å². The number of aromatic nitrogens is 2. The van der Waals surface area contributed by atoms with Crippen LogP contribution in [0.15, 0.2) is 18.7 Å². The van der Waals surface area contributed by atoms with Gasteiger partial charge in [0.25, 0.3) is 0 Å². The molecule has 102 valence electrons. The van der Waals surface area contributed by atoms with Crippen molar-refractivity contribution in [1.82, 2.24) is 14.9 Å². The van der Waals surface area contributed by atoms with Crippen LogP contribution in [-0.2, 0) is 11.3 Å². The lowest BCUT2D eigenvalue weighted by Crippen LogP contribution is -2.48. The number of amides is 1. The van der Waals surface area contributed by atoms with E-state index in [0.717, 1.165) is 19.4 Å². The van der Waals surface area contributed by atoms with E-state index in [0.29, 0.717) is 6.54 Å². The van der Waals surface area contributed by atoms with Crippen molar-refractivity contribution in [3.63, 3.8) is 0 Å². The predicted octanol–water partition coefficient (Wildman–Crippen LogP) is 1.15. The summed E-state index contributed by atoms with van der Waals surface area (Å²) in [6.45, 7) is 7.13. The van der Waals surface area contributed by atoms with Crippen molar-refractivity contribution in [2.45, 2.75) is 46.2 Å². The number of carbonyl (C=O) groups is 1. The minimum atomic E-state index is -0.427. The van der Waals surface area contributed by atoms with Gasteiger partial charge in [-0.2, -0.15) is 0 Å². The summed E-state index contributed by atoms with van der Waals surface area (Å²) in [6.07, 6.45) is 6.90. The van der Waals surface area contributed by atoms with Crippen molar-refractivity contribution in [3.05, 3.63) is 18.7 Å². The monoisotopic (exact) mass is 252 g/mol. The first-order valence-corrected chi connectivity index (χ1v) is 6.54. The quantitative estimate of drug-likeness (QED) is 0.764. The third kappa shape index (κ3) is 3.32. The zero-order chi connectivity index (χ0) is 13.6. The Labute approximate surface area is 109 Å². The maximum Gasteiger partial charge on any atom is 0.227 e. The molecule has 5 nitrogen and oxygen atoms in total. The average molecular weight is 252 g/mol. The second-order valence-corrected chi connectivity index (χ2v) is 4.83. The Balaban J connectivity index is 2.57. The molecule has 1 heterocycles. The molecule has 1 rings (SSSR count). The van der Waals surface area contributed by atoms with Crippen LogP contribution in [0.3, 0.4) is 0 Å². The van der Waals surface area contributed by atoms with Crippen LogP contribution >= 0.6 is 0 Å². The van der Waals surface area contributed by atoms with Gasteiger partial charge in [0, 0.05) is 31.5 Å². The minimum absolute atomic E-state index is 0.0580. The normalized spacial score (nSPS) is 13.3. The maximum atomic E-state index is 12.3. The van der Waals surface area contributed by atoms with E-state index in [1.54, 1.807) is 12.5 Å². The predicted molar refractivity (Wildman–Crippen MR) is 71.9 cm³/mol. The second kappa shape index (κ2) is 6.54. The zero-order valence-corrected chi connectivity index (χ0v) is 11.5. The van der Waals surface area contributed by atoms with Gasteiger partial charge >= 0.3 is 0 Å². The number of nitrogens with one attached hydrogen (secondary N) is 1. The Morgan fingerprint density at radius 1 is 1.50 bits per heavy atom. The summed E-state index contributed by atoms with van der Waals surface area (Å²) >= 11 is 0. The molecule has 18 heavy (non-hydrogen) atoms. The first-order chi connectivity index (χ1) is 8.57. The lowest BCUT2D eigenvalue weighted by molar-refractivity contribution is -0.131. The van der Waals surface area contributed by atoms with Crippen LogP contribution in [0.4, 0.5) is 0 Å². The molecule has 0 radical (unpaired) electrons. The molecule has 3 N–H and O–H groups in total. The van der Waals surface area contributed by atoms with Crippen LogP contribution in [0, 0.1) is 5.41 Å². The lowest BCUT2D eigenvalue weighted by Gasteiger charge is -2.30. The Morgan fingerprint density at radius 3 is 2.61 bits per heavy atom. The van der Waals surface area contributed by atoms with E-state index < -0.39 is 5.41 Å². The maximum absolute atomic E-state index is 12.3. The van der Waals surface area contributed by atoms with Crippen LogP contribution in [0.5, 0.6) is 0 Å². The molecule has 1 amide bonds. The summed E-state index contributed by atoms with van der Waals surface area (Å²) in [4.78, 5) is 16.3. The average Bonchev–Trinajstić information content (AvgIpc) is 2.84. The van der Waals surface area contributed by atoms with E-state index in [2.05, 4.69) is 10.3 Å². The van der Waals surface area contributed by atoms with Gasteiger partial charge in [-0.1, -0.05) is 13.8 Å². The molecule has 5 heteroatoms. The number of hydrogen-bond acceptors (Lipinski definition) is 3. The zero-order valence-electron chi connectivity index (χ0n) is 11.5. The van der Waals surface area contributed by atoms with E-state index in [9.17, 15) is 4.79 Å². The topological polar surface area (TPSA) is 72.9 Å². The number of rotatable bonds is 7. The first-order valence-electron chi connectivity index (χ1n) is 6.54. The number of nitrogens with zero attached hydrogens (tertiary/aromatic N) is 2. The van der Waals surface area contributed by atoms with Gasteiger partial charge in [0.05, 0.1) is 11.7 Å². The van der Waals surface area contributed by atoms with Crippen molar-refractivity contribution < 1.29 is 4.79 Å². The van der Waals surface area contributed by atoms with E-state index in [1.165, 1.54) is 0 Å². The van der Waals surface area contributed by atoms with Crippen LogP contribution in [0.1, 0.15) is 33.6 Å². The molecule has 1 unspecified atom stereocenters. The molecule has 0 aliphatic rings. The molecule has 0 aliphatic carbocycles. The molecule has 0 saturated heterocycles. The molecule has 1 aromatic rings. The van der Waals surface area contributed by atoms with Crippen LogP contribution in [0.2, 0.25) is 0 Å². The molecule has 1 aromatic heterocycles. The van der Waals surface area contributed by atoms with Gasteiger partial charge in [0.1, 0.15) is 0 Å². The van der Waals surface area contributed by atoms with Gasteiger partial charge in [0.15, 0.2) is 0 Å². The Kier molecular flexibility index (Phi) is 5.34. The molecule has 0 saturated carbocycles. The Morgan fingerprint density at radius 2 is 2.17 bits per heavy atom. The fourth-order valence-electron chi connectivity index (χ4n) is 2.09. The van der Waals surface area contributed by atoms with Gasteiger partial charge in [-0.25, -0.2) is 4.98 Å². The summed E-state index contributed by atoms with van der Waals surface area (Å²) in [6, 6.07) is 0.0655. The molecule has 0 bridgehead atoms. The van der Waals surface area contributed by atoms with Crippen molar-refractivity contribution in [3.8, 4) is 0 Å². The minimum Gasteiger partial charge on any atom is -0.351 e. The fraction of sp³-hybridized carbons (Fsp3) is 0.692. The summed E-state index contributed by atoms with van der Waals surface area (Å²) < 4.78 is 1.95. The van der Waals surface area contributed by atoms with Crippen molar-refractivity contribution in [1.29, 1.82) is 0 Å². The Hall–Kier alpha value is -1.36. The summed E-state index contributed by atoms with van der Waals surface area (Å²) in [5.74, 6) is 0.0580. The summed E-state index contributed by atoms with van der Waals surface area (Å²) in [7, 11) is 0. The Bertz CT molecular complexity index is 349. The van der Waals surface area contributed by atoms with Crippen LogP contribution < -0.4 is 11.1 Å². The molecule has 0 fully saturated rings. The van der Waals surface area contributed by atoms with Crippen LogP contribution in [0.25, 0.3) is 0 Å².